The Labute approximate surface area is 120 Å². The molecule has 0 amide bonds. The molecule has 1 aliphatic rings. The number of anilines is 1. The molecule has 1 aliphatic carbocycles. The van der Waals surface area contributed by atoms with Crippen molar-refractivity contribution in [3.8, 4) is 11.3 Å². The van der Waals surface area contributed by atoms with Gasteiger partial charge in [0.25, 0.3) is 0 Å². The number of aryl methyl sites for hydroxylation is 2. The molecular weight excluding hydrogens is 246 g/mol. The van der Waals surface area contributed by atoms with Crippen molar-refractivity contribution in [2.45, 2.75) is 39.5 Å². The van der Waals surface area contributed by atoms with Crippen molar-refractivity contribution in [1.82, 2.24) is 9.97 Å². The molecule has 1 N–H and O–H groups in total. The average molecular weight is 267 g/mol. The van der Waals surface area contributed by atoms with E-state index in [-0.39, 0.29) is 0 Å². The van der Waals surface area contributed by atoms with Crippen molar-refractivity contribution < 1.29 is 0 Å². The van der Waals surface area contributed by atoms with Crippen LogP contribution in [0.5, 0.6) is 0 Å². The summed E-state index contributed by atoms with van der Waals surface area (Å²) in [5, 5.41) is 3.32. The van der Waals surface area contributed by atoms with Crippen LogP contribution in [0, 0.1) is 13.8 Å². The van der Waals surface area contributed by atoms with Gasteiger partial charge in [0, 0.05) is 24.1 Å². The zero-order valence-corrected chi connectivity index (χ0v) is 12.4. The van der Waals surface area contributed by atoms with E-state index >= 15 is 0 Å². The van der Waals surface area contributed by atoms with Crippen LogP contribution in [0.3, 0.4) is 0 Å². The van der Waals surface area contributed by atoms with Crippen LogP contribution >= 0.6 is 0 Å². The van der Waals surface area contributed by atoms with E-state index in [1.807, 2.05) is 0 Å². The minimum Gasteiger partial charge on any atom is -0.370 e. The zero-order valence-electron chi connectivity index (χ0n) is 12.4. The van der Waals surface area contributed by atoms with Crippen LogP contribution in [0.4, 0.5) is 5.82 Å². The van der Waals surface area contributed by atoms with Gasteiger partial charge in [-0.15, -0.1) is 0 Å². The molecule has 3 nitrogen and oxygen atoms in total. The van der Waals surface area contributed by atoms with Gasteiger partial charge in [-0.25, -0.2) is 9.97 Å². The van der Waals surface area contributed by atoms with E-state index in [2.05, 4.69) is 55.3 Å². The summed E-state index contributed by atoms with van der Waals surface area (Å²) >= 11 is 0. The van der Waals surface area contributed by atoms with Gasteiger partial charge in [0.05, 0.1) is 5.69 Å². The Bertz CT molecular complexity index is 630. The Hall–Kier alpha value is -1.90. The van der Waals surface area contributed by atoms with Gasteiger partial charge in [-0.2, -0.15) is 0 Å². The molecule has 0 bridgehead atoms. The Morgan fingerprint density at radius 1 is 1.15 bits per heavy atom. The van der Waals surface area contributed by atoms with E-state index in [0.717, 1.165) is 23.9 Å². The maximum Gasteiger partial charge on any atom is 0.134 e. The molecule has 1 saturated carbocycles. The highest BCUT2D eigenvalue weighted by molar-refractivity contribution is 5.66. The molecule has 0 atom stereocenters. The Kier molecular flexibility index (Phi) is 3.43. The average Bonchev–Trinajstić information content (AvgIpc) is 3.23. The first-order chi connectivity index (χ1) is 9.67. The van der Waals surface area contributed by atoms with Crippen LogP contribution in [-0.2, 0) is 0 Å². The number of rotatable bonds is 4. The van der Waals surface area contributed by atoms with Gasteiger partial charge in [0.2, 0.25) is 0 Å². The van der Waals surface area contributed by atoms with Gasteiger partial charge >= 0.3 is 0 Å². The van der Waals surface area contributed by atoms with Crippen molar-refractivity contribution >= 4 is 5.82 Å². The van der Waals surface area contributed by atoms with E-state index in [1.165, 1.54) is 29.5 Å². The Morgan fingerprint density at radius 2 is 1.95 bits per heavy atom. The van der Waals surface area contributed by atoms with Crippen LogP contribution in [0.1, 0.15) is 42.6 Å². The Balaban J connectivity index is 2.06. The van der Waals surface area contributed by atoms with Gasteiger partial charge in [-0.05, 0) is 39.2 Å². The summed E-state index contributed by atoms with van der Waals surface area (Å²) in [5.74, 6) is 2.51. The summed E-state index contributed by atoms with van der Waals surface area (Å²) in [4.78, 5) is 9.42. The summed E-state index contributed by atoms with van der Waals surface area (Å²) < 4.78 is 0. The molecule has 0 saturated heterocycles. The molecule has 20 heavy (non-hydrogen) atoms. The predicted molar refractivity (Wildman–Crippen MR) is 83.1 cm³/mol. The van der Waals surface area contributed by atoms with Crippen LogP contribution in [0.25, 0.3) is 11.3 Å². The second-order valence-electron chi connectivity index (χ2n) is 5.62. The lowest BCUT2D eigenvalue weighted by Gasteiger charge is -2.11. The molecule has 0 aliphatic heterocycles. The first kappa shape index (κ1) is 13.1. The normalized spacial score (nSPS) is 14.3. The van der Waals surface area contributed by atoms with E-state index in [9.17, 15) is 0 Å². The number of benzene rings is 1. The molecule has 1 fully saturated rings. The quantitative estimate of drug-likeness (QED) is 0.907. The fourth-order valence-electron chi connectivity index (χ4n) is 2.50. The third-order valence-electron chi connectivity index (χ3n) is 3.70. The lowest BCUT2D eigenvalue weighted by atomic mass is 10.0. The molecule has 0 unspecified atom stereocenters. The van der Waals surface area contributed by atoms with E-state index in [0.29, 0.717) is 5.92 Å². The first-order valence-electron chi connectivity index (χ1n) is 7.38. The number of hydrogen-bond acceptors (Lipinski definition) is 3. The van der Waals surface area contributed by atoms with Crippen LogP contribution in [0.15, 0.2) is 24.3 Å². The SMILES string of the molecule is CCNc1cc(-c2ccc(C)cc2C)nc(C2CC2)n1. The van der Waals surface area contributed by atoms with Crippen molar-refractivity contribution in [3.63, 3.8) is 0 Å². The minimum absolute atomic E-state index is 0.568. The molecule has 3 rings (SSSR count). The third kappa shape index (κ3) is 2.67. The summed E-state index contributed by atoms with van der Waals surface area (Å²) in [5.41, 5.74) is 4.80. The van der Waals surface area contributed by atoms with Crippen LogP contribution in [-0.4, -0.2) is 16.5 Å². The van der Waals surface area contributed by atoms with Gasteiger partial charge in [-0.1, -0.05) is 23.8 Å². The first-order valence-corrected chi connectivity index (χ1v) is 7.38. The summed E-state index contributed by atoms with van der Waals surface area (Å²) in [6.07, 6.45) is 2.45. The Morgan fingerprint density at radius 3 is 2.60 bits per heavy atom. The fraction of sp³-hybridized carbons (Fsp3) is 0.412. The molecule has 1 aromatic heterocycles. The molecule has 0 radical (unpaired) electrons. The summed E-state index contributed by atoms with van der Waals surface area (Å²) in [7, 11) is 0. The molecule has 1 heterocycles. The number of hydrogen-bond donors (Lipinski definition) is 1. The smallest absolute Gasteiger partial charge is 0.134 e. The standard InChI is InChI=1S/C17H21N3/c1-4-18-16-10-15(19-17(20-16)13-6-7-13)14-8-5-11(2)9-12(14)3/h5,8-10,13H,4,6-7H2,1-3H3,(H,18,19,20). The minimum atomic E-state index is 0.568. The monoisotopic (exact) mass is 267 g/mol. The van der Waals surface area contributed by atoms with E-state index < -0.39 is 0 Å². The van der Waals surface area contributed by atoms with Crippen molar-refractivity contribution in [2.24, 2.45) is 0 Å². The summed E-state index contributed by atoms with van der Waals surface area (Å²) in [6.45, 7) is 7.24. The second kappa shape index (κ2) is 5.23. The molecular formula is C17H21N3. The fourth-order valence-corrected chi connectivity index (χ4v) is 2.50. The number of nitrogens with zero attached hydrogens (tertiary/aromatic N) is 2. The summed E-state index contributed by atoms with van der Waals surface area (Å²) in [6, 6.07) is 8.59. The molecule has 104 valence electrons. The van der Waals surface area contributed by atoms with Crippen molar-refractivity contribution in [3.05, 3.63) is 41.2 Å². The number of aromatic nitrogens is 2. The van der Waals surface area contributed by atoms with Crippen molar-refractivity contribution in [1.29, 1.82) is 0 Å². The second-order valence-corrected chi connectivity index (χ2v) is 5.62. The maximum absolute atomic E-state index is 4.79. The van der Waals surface area contributed by atoms with Crippen molar-refractivity contribution in [2.75, 3.05) is 11.9 Å². The third-order valence-corrected chi connectivity index (χ3v) is 3.70. The van der Waals surface area contributed by atoms with Crippen LogP contribution < -0.4 is 5.32 Å². The zero-order chi connectivity index (χ0) is 14.1. The van der Waals surface area contributed by atoms with Crippen LogP contribution in [0.2, 0.25) is 0 Å². The number of nitrogens with one attached hydrogen (secondary N) is 1. The maximum atomic E-state index is 4.79. The topological polar surface area (TPSA) is 37.8 Å². The highest BCUT2D eigenvalue weighted by atomic mass is 15.0. The lowest BCUT2D eigenvalue weighted by molar-refractivity contribution is 0.927. The largest absolute Gasteiger partial charge is 0.370 e. The van der Waals surface area contributed by atoms with E-state index in [4.69, 9.17) is 4.98 Å². The molecule has 3 heteroatoms. The lowest BCUT2D eigenvalue weighted by Crippen LogP contribution is -2.04. The highest BCUT2D eigenvalue weighted by Gasteiger charge is 2.27. The molecule has 0 spiro atoms. The van der Waals surface area contributed by atoms with Gasteiger partial charge in [0.15, 0.2) is 0 Å². The highest BCUT2D eigenvalue weighted by Crippen LogP contribution is 2.39. The molecule has 1 aromatic carbocycles. The van der Waals surface area contributed by atoms with Gasteiger partial charge in [-0.3, -0.25) is 0 Å². The predicted octanol–water partition coefficient (Wildman–Crippen LogP) is 4.07. The van der Waals surface area contributed by atoms with Gasteiger partial charge < -0.3 is 5.32 Å². The van der Waals surface area contributed by atoms with E-state index in [1.54, 1.807) is 0 Å². The molecule has 2 aromatic rings. The van der Waals surface area contributed by atoms with Gasteiger partial charge in [0.1, 0.15) is 11.6 Å².